The second kappa shape index (κ2) is 3.55. The van der Waals surface area contributed by atoms with Gasteiger partial charge in [-0.25, -0.2) is 0 Å². The zero-order valence-electron chi connectivity index (χ0n) is 7.17. The summed E-state index contributed by atoms with van der Waals surface area (Å²) in [7, 11) is 0. The van der Waals surface area contributed by atoms with Gasteiger partial charge in [-0.05, 0) is 19.4 Å². The number of halogens is 1. The first-order valence-electron chi connectivity index (χ1n) is 3.80. The molecule has 0 saturated carbocycles. The fraction of sp³-hybridized carbons (Fsp3) is 0.300. The van der Waals surface area contributed by atoms with E-state index in [2.05, 4.69) is 0 Å². The van der Waals surface area contributed by atoms with Crippen LogP contribution < -0.4 is 0 Å². The van der Waals surface area contributed by atoms with Crippen LogP contribution in [0.2, 0.25) is 0 Å². The van der Waals surface area contributed by atoms with Crippen molar-refractivity contribution in [3.63, 3.8) is 0 Å². The number of hydrogen-bond donors (Lipinski definition) is 0. The van der Waals surface area contributed by atoms with Gasteiger partial charge in [-0.1, -0.05) is 54.2 Å². The summed E-state index contributed by atoms with van der Waals surface area (Å²) in [6, 6.07) is 10.0. The number of thiocarbonyl (C=S) groups is 1. The Morgan fingerprint density at radius 3 is 2.17 bits per heavy atom. The molecule has 1 rings (SSSR count). The summed E-state index contributed by atoms with van der Waals surface area (Å²) in [5.41, 5.74) is 0.947. The SMILES string of the molecule is CC(C)(C(=S)Cl)c1ccccc1. The smallest absolute Gasteiger partial charge is 0.0755 e. The minimum absolute atomic E-state index is 0.210. The quantitative estimate of drug-likeness (QED) is 0.518. The first kappa shape index (κ1) is 9.69. The second-order valence-corrected chi connectivity index (χ2v) is 4.28. The Morgan fingerprint density at radius 1 is 1.25 bits per heavy atom. The maximum Gasteiger partial charge on any atom is 0.0908 e. The highest BCUT2D eigenvalue weighted by Crippen LogP contribution is 2.26. The van der Waals surface area contributed by atoms with Crippen LogP contribution in [0.3, 0.4) is 0 Å². The van der Waals surface area contributed by atoms with Crippen molar-refractivity contribution in [2.24, 2.45) is 0 Å². The molecule has 0 bridgehead atoms. The Balaban J connectivity index is 3.06. The third-order valence-electron chi connectivity index (χ3n) is 1.99. The Morgan fingerprint density at radius 2 is 1.75 bits per heavy atom. The monoisotopic (exact) mass is 198 g/mol. The molecule has 0 aliphatic heterocycles. The summed E-state index contributed by atoms with van der Waals surface area (Å²) in [5.74, 6) is 0. The zero-order valence-corrected chi connectivity index (χ0v) is 8.75. The highest BCUT2D eigenvalue weighted by Gasteiger charge is 2.23. The van der Waals surface area contributed by atoms with Crippen molar-refractivity contribution < 1.29 is 0 Å². The molecule has 0 aliphatic carbocycles. The molecule has 2 heteroatoms. The number of benzene rings is 1. The van der Waals surface area contributed by atoms with E-state index in [4.69, 9.17) is 23.8 Å². The molecule has 0 amide bonds. The van der Waals surface area contributed by atoms with Gasteiger partial charge in [0.05, 0.1) is 4.32 Å². The molecule has 0 aliphatic rings. The van der Waals surface area contributed by atoms with E-state index in [1.165, 1.54) is 0 Å². The molecular formula is C10H11ClS. The normalized spacial score (nSPS) is 11.2. The first-order chi connectivity index (χ1) is 5.55. The molecule has 0 unspecified atom stereocenters. The van der Waals surface area contributed by atoms with Crippen LogP contribution in [0, 0.1) is 0 Å². The summed E-state index contributed by atoms with van der Waals surface area (Å²) in [6.45, 7) is 4.05. The minimum Gasteiger partial charge on any atom is -0.0755 e. The predicted octanol–water partition coefficient (Wildman–Crippen LogP) is 3.53. The molecule has 0 atom stereocenters. The third-order valence-corrected chi connectivity index (χ3v) is 2.97. The molecule has 0 nitrogen and oxygen atoms in total. The molecule has 12 heavy (non-hydrogen) atoms. The molecule has 0 heterocycles. The molecule has 64 valence electrons. The fourth-order valence-electron chi connectivity index (χ4n) is 0.968. The van der Waals surface area contributed by atoms with Gasteiger partial charge in [0.15, 0.2) is 0 Å². The van der Waals surface area contributed by atoms with Crippen LogP contribution in [0.4, 0.5) is 0 Å². The summed E-state index contributed by atoms with van der Waals surface area (Å²) in [4.78, 5) is 0. The second-order valence-electron chi connectivity index (χ2n) is 3.26. The largest absolute Gasteiger partial charge is 0.0908 e. The van der Waals surface area contributed by atoms with E-state index in [1.54, 1.807) is 0 Å². The average Bonchev–Trinajstić information content (AvgIpc) is 2.06. The highest BCUT2D eigenvalue weighted by molar-refractivity contribution is 7.83. The van der Waals surface area contributed by atoms with Crippen LogP contribution in [0.15, 0.2) is 30.3 Å². The van der Waals surface area contributed by atoms with Gasteiger partial charge in [-0.2, -0.15) is 0 Å². The molecule has 0 radical (unpaired) electrons. The fourth-order valence-corrected chi connectivity index (χ4v) is 1.20. The Hall–Kier alpha value is -0.400. The van der Waals surface area contributed by atoms with E-state index in [-0.39, 0.29) is 5.41 Å². The van der Waals surface area contributed by atoms with Crippen molar-refractivity contribution in [2.45, 2.75) is 19.3 Å². The topological polar surface area (TPSA) is 0 Å². The van der Waals surface area contributed by atoms with Gasteiger partial charge < -0.3 is 0 Å². The molecule has 0 saturated heterocycles. The molecule has 1 aromatic rings. The van der Waals surface area contributed by atoms with Crippen LogP contribution in [-0.4, -0.2) is 4.32 Å². The van der Waals surface area contributed by atoms with Crippen LogP contribution in [-0.2, 0) is 5.41 Å². The lowest BCUT2D eigenvalue weighted by Crippen LogP contribution is -2.23. The van der Waals surface area contributed by atoms with E-state index in [0.29, 0.717) is 4.32 Å². The number of hydrogen-bond acceptors (Lipinski definition) is 1. The molecule has 1 aromatic carbocycles. The van der Waals surface area contributed by atoms with Crippen LogP contribution >= 0.6 is 23.8 Å². The van der Waals surface area contributed by atoms with Crippen molar-refractivity contribution in [3.05, 3.63) is 35.9 Å². The minimum atomic E-state index is -0.210. The Kier molecular flexibility index (Phi) is 2.86. The van der Waals surface area contributed by atoms with Crippen LogP contribution in [0.25, 0.3) is 0 Å². The van der Waals surface area contributed by atoms with Crippen molar-refractivity contribution in [2.75, 3.05) is 0 Å². The van der Waals surface area contributed by atoms with E-state index in [9.17, 15) is 0 Å². The van der Waals surface area contributed by atoms with E-state index in [0.717, 1.165) is 5.56 Å². The maximum atomic E-state index is 5.84. The lowest BCUT2D eigenvalue weighted by Gasteiger charge is -2.22. The molecule has 0 aromatic heterocycles. The molecular weight excluding hydrogens is 188 g/mol. The van der Waals surface area contributed by atoms with Gasteiger partial charge >= 0.3 is 0 Å². The summed E-state index contributed by atoms with van der Waals surface area (Å²) in [5, 5.41) is 0. The van der Waals surface area contributed by atoms with Crippen molar-refractivity contribution in [1.29, 1.82) is 0 Å². The molecule has 0 spiro atoms. The molecule has 0 N–H and O–H groups in total. The van der Waals surface area contributed by atoms with E-state index in [1.807, 2.05) is 44.2 Å². The maximum absolute atomic E-state index is 5.84. The predicted molar refractivity (Wildman–Crippen MR) is 57.9 cm³/mol. The van der Waals surface area contributed by atoms with Crippen LogP contribution in [0.1, 0.15) is 19.4 Å². The van der Waals surface area contributed by atoms with Crippen molar-refractivity contribution >= 4 is 28.1 Å². The average molecular weight is 199 g/mol. The standard InChI is InChI=1S/C10H11ClS/c1-10(2,9(11)12)8-6-4-3-5-7-8/h3-7H,1-2H3. The van der Waals surface area contributed by atoms with Gasteiger partial charge in [0.2, 0.25) is 0 Å². The van der Waals surface area contributed by atoms with Gasteiger partial charge in [0, 0.05) is 5.41 Å². The molecule has 0 fully saturated rings. The Bertz CT molecular complexity index is 277. The third kappa shape index (κ3) is 1.85. The highest BCUT2D eigenvalue weighted by atomic mass is 35.5. The first-order valence-corrected chi connectivity index (χ1v) is 4.59. The van der Waals surface area contributed by atoms with E-state index < -0.39 is 0 Å². The summed E-state index contributed by atoms with van der Waals surface area (Å²) in [6.07, 6.45) is 0. The van der Waals surface area contributed by atoms with Crippen molar-refractivity contribution in [3.8, 4) is 0 Å². The Labute approximate surface area is 83.6 Å². The van der Waals surface area contributed by atoms with Gasteiger partial charge in [-0.15, -0.1) is 0 Å². The van der Waals surface area contributed by atoms with Gasteiger partial charge in [0.25, 0.3) is 0 Å². The lowest BCUT2D eigenvalue weighted by atomic mass is 9.87. The van der Waals surface area contributed by atoms with Crippen molar-refractivity contribution in [1.82, 2.24) is 0 Å². The number of rotatable bonds is 2. The summed E-state index contributed by atoms with van der Waals surface area (Å²) < 4.78 is 0.508. The van der Waals surface area contributed by atoms with E-state index >= 15 is 0 Å². The van der Waals surface area contributed by atoms with Crippen LogP contribution in [0.5, 0.6) is 0 Å². The lowest BCUT2D eigenvalue weighted by molar-refractivity contribution is 0.738. The zero-order chi connectivity index (χ0) is 9.19. The van der Waals surface area contributed by atoms with Gasteiger partial charge in [0.1, 0.15) is 0 Å². The van der Waals surface area contributed by atoms with Gasteiger partial charge in [-0.3, -0.25) is 0 Å². The summed E-state index contributed by atoms with van der Waals surface area (Å²) >= 11 is 10.8.